The van der Waals surface area contributed by atoms with Crippen LogP contribution in [0.15, 0.2) is 17.7 Å². The summed E-state index contributed by atoms with van der Waals surface area (Å²) in [6, 6.07) is 1.89. The Labute approximate surface area is 145 Å². The zero-order valence-corrected chi connectivity index (χ0v) is 15.0. The van der Waals surface area contributed by atoms with Crippen molar-refractivity contribution in [2.24, 2.45) is 0 Å². The van der Waals surface area contributed by atoms with E-state index in [4.69, 9.17) is 4.74 Å². The van der Waals surface area contributed by atoms with Crippen molar-refractivity contribution in [2.45, 2.75) is 77.2 Å². The molecule has 132 valence electrons. The van der Waals surface area contributed by atoms with Crippen LogP contribution in [0.1, 0.15) is 87.5 Å². The lowest BCUT2D eigenvalue weighted by atomic mass is 9.81. The minimum atomic E-state index is -0.00496. The second-order valence-corrected chi connectivity index (χ2v) is 7.35. The van der Waals surface area contributed by atoms with Gasteiger partial charge in [0, 0.05) is 23.5 Å². The van der Waals surface area contributed by atoms with Crippen molar-refractivity contribution in [1.82, 2.24) is 0 Å². The summed E-state index contributed by atoms with van der Waals surface area (Å²) in [6.45, 7) is 5.08. The highest BCUT2D eigenvalue weighted by Crippen LogP contribution is 2.48. The van der Waals surface area contributed by atoms with Gasteiger partial charge in [-0.3, -0.25) is 0 Å². The topological polar surface area (TPSA) is 49.7 Å². The molecule has 1 saturated heterocycles. The third-order valence-electron chi connectivity index (χ3n) is 5.46. The number of aryl methyl sites for hydroxylation is 1. The molecule has 24 heavy (non-hydrogen) atoms. The minimum Gasteiger partial charge on any atom is -0.507 e. The number of unbranched alkanes of at least 4 members (excludes halogenated alkanes) is 2. The van der Waals surface area contributed by atoms with E-state index in [0.717, 1.165) is 62.7 Å². The van der Waals surface area contributed by atoms with Crippen LogP contribution in [0.4, 0.5) is 0 Å². The number of benzene rings is 1. The van der Waals surface area contributed by atoms with E-state index in [1.54, 1.807) is 0 Å². The van der Waals surface area contributed by atoms with E-state index >= 15 is 0 Å². The summed E-state index contributed by atoms with van der Waals surface area (Å²) in [4.78, 5) is 0. The monoisotopic (exact) mass is 330 g/mol. The zero-order valence-electron chi connectivity index (χ0n) is 15.0. The summed E-state index contributed by atoms with van der Waals surface area (Å²) in [5, 5.41) is 21.6. The third-order valence-corrected chi connectivity index (χ3v) is 5.46. The zero-order chi connectivity index (χ0) is 17.1. The van der Waals surface area contributed by atoms with Gasteiger partial charge in [0.15, 0.2) is 0 Å². The van der Waals surface area contributed by atoms with Gasteiger partial charge in [-0.05, 0) is 50.7 Å². The molecule has 2 unspecified atom stereocenters. The summed E-state index contributed by atoms with van der Waals surface area (Å²) in [6.07, 6.45) is 10.7. The van der Waals surface area contributed by atoms with Gasteiger partial charge in [0.25, 0.3) is 0 Å². The van der Waals surface area contributed by atoms with Crippen LogP contribution in [0, 0.1) is 0 Å². The quantitative estimate of drug-likeness (QED) is 0.534. The average molecular weight is 330 g/mol. The number of rotatable bonds is 6. The highest BCUT2D eigenvalue weighted by molar-refractivity contribution is 5.57. The van der Waals surface area contributed by atoms with E-state index in [1.807, 2.05) is 6.07 Å². The average Bonchev–Trinajstić information content (AvgIpc) is 2.49. The van der Waals surface area contributed by atoms with Crippen molar-refractivity contribution in [3.8, 4) is 11.5 Å². The van der Waals surface area contributed by atoms with Gasteiger partial charge in [-0.15, -0.1) is 0 Å². The molecule has 0 spiro atoms. The first kappa shape index (κ1) is 17.3. The molecule has 1 aromatic rings. The molecule has 1 aromatic carbocycles. The van der Waals surface area contributed by atoms with E-state index in [1.165, 1.54) is 12.0 Å². The maximum atomic E-state index is 11.0. The van der Waals surface area contributed by atoms with E-state index < -0.39 is 0 Å². The van der Waals surface area contributed by atoms with Gasteiger partial charge in [-0.25, -0.2) is 0 Å². The largest absolute Gasteiger partial charge is 0.507 e. The predicted octanol–water partition coefficient (Wildman–Crippen LogP) is 5.51. The first-order chi connectivity index (χ1) is 11.6. The minimum absolute atomic E-state index is 0.00496. The summed E-state index contributed by atoms with van der Waals surface area (Å²) in [7, 11) is 0. The van der Waals surface area contributed by atoms with E-state index in [-0.39, 0.29) is 23.5 Å². The van der Waals surface area contributed by atoms with Gasteiger partial charge < -0.3 is 14.9 Å². The standard InChI is InChI=1S/C21H30O3/c1-3-4-5-8-16-13-17(22)19(15-9-6-7-14(2)12-15)21(23)20(16)18-10-11-24-18/h12-13,15,18,22-23H,3-11H2,1-2H3. The number of hydrogen-bond donors (Lipinski definition) is 2. The van der Waals surface area contributed by atoms with Gasteiger partial charge in [0.1, 0.15) is 11.5 Å². The van der Waals surface area contributed by atoms with Gasteiger partial charge in [0.05, 0.1) is 12.7 Å². The Balaban J connectivity index is 1.99. The first-order valence-electron chi connectivity index (χ1n) is 9.48. The maximum Gasteiger partial charge on any atom is 0.129 e. The number of phenols is 2. The fraction of sp³-hybridized carbons (Fsp3) is 0.619. The molecule has 3 rings (SSSR count). The highest BCUT2D eigenvalue weighted by atomic mass is 16.5. The third kappa shape index (κ3) is 3.46. The smallest absolute Gasteiger partial charge is 0.129 e. The SMILES string of the molecule is CCCCCc1cc(O)c(C2C=C(C)CCC2)c(O)c1C1CCO1. The molecule has 3 heteroatoms. The lowest BCUT2D eigenvalue weighted by Crippen LogP contribution is -2.20. The Kier molecular flexibility index (Phi) is 5.50. The Morgan fingerprint density at radius 1 is 1.17 bits per heavy atom. The summed E-state index contributed by atoms with van der Waals surface area (Å²) in [5.74, 6) is 0.641. The second kappa shape index (κ2) is 7.60. The van der Waals surface area contributed by atoms with Crippen LogP contribution in [0.5, 0.6) is 11.5 Å². The molecule has 2 N–H and O–H groups in total. The van der Waals surface area contributed by atoms with Crippen molar-refractivity contribution in [3.05, 3.63) is 34.4 Å². The van der Waals surface area contributed by atoms with Crippen molar-refractivity contribution in [1.29, 1.82) is 0 Å². The number of allylic oxidation sites excluding steroid dienone is 2. The fourth-order valence-corrected chi connectivity index (χ4v) is 4.04. The molecule has 3 nitrogen and oxygen atoms in total. The van der Waals surface area contributed by atoms with Gasteiger partial charge in [0.2, 0.25) is 0 Å². The Morgan fingerprint density at radius 3 is 2.58 bits per heavy atom. The van der Waals surface area contributed by atoms with Crippen LogP contribution < -0.4 is 0 Å². The Hall–Kier alpha value is -1.48. The van der Waals surface area contributed by atoms with Crippen LogP contribution in [0.3, 0.4) is 0 Å². The maximum absolute atomic E-state index is 11.0. The number of ether oxygens (including phenoxy) is 1. The van der Waals surface area contributed by atoms with Crippen molar-refractivity contribution in [3.63, 3.8) is 0 Å². The Morgan fingerprint density at radius 2 is 1.96 bits per heavy atom. The lowest BCUT2D eigenvalue weighted by Gasteiger charge is -2.32. The molecule has 0 saturated carbocycles. The fourth-order valence-electron chi connectivity index (χ4n) is 4.04. The Bertz CT molecular complexity index is 614. The number of phenolic OH excluding ortho intramolecular Hbond substituents is 2. The van der Waals surface area contributed by atoms with Crippen LogP contribution in [0.2, 0.25) is 0 Å². The highest BCUT2D eigenvalue weighted by Gasteiger charge is 2.31. The first-order valence-corrected chi connectivity index (χ1v) is 9.48. The van der Waals surface area contributed by atoms with Gasteiger partial charge in [-0.1, -0.05) is 31.4 Å². The molecule has 0 radical (unpaired) electrons. The molecule has 0 bridgehead atoms. The van der Waals surface area contributed by atoms with Crippen LogP contribution in [0.25, 0.3) is 0 Å². The normalized spacial score (nSPS) is 23.7. The molecule has 1 aliphatic carbocycles. The molecule has 2 aliphatic rings. The predicted molar refractivity (Wildman–Crippen MR) is 96.7 cm³/mol. The van der Waals surface area contributed by atoms with Crippen molar-refractivity contribution in [2.75, 3.05) is 6.61 Å². The number of hydrogen-bond acceptors (Lipinski definition) is 3. The van der Waals surface area contributed by atoms with Crippen LogP contribution in [-0.2, 0) is 11.2 Å². The molecule has 1 aliphatic heterocycles. The van der Waals surface area contributed by atoms with Crippen molar-refractivity contribution >= 4 is 0 Å². The molecular weight excluding hydrogens is 300 g/mol. The van der Waals surface area contributed by atoms with E-state index in [0.29, 0.717) is 5.56 Å². The second-order valence-electron chi connectivity index (χ2n) is 7.35. The van der Waals surface area contributed by atoms with Crippen molar-refractivity contribution < 1.29 is 14.9 Å². The molecular formula is C21H30O3. The molecule has 1 heterocycles. The van der Waals surface area contributed by atoms with Gasteiger partial charge in [-0.2, -0.15) is 0 Å². The molecule has 0 aromatic heterocycles. The summed E-state index contributed by atoms with van der Waals surface area (Å²) < 4.78 is 5.69. The summed E-state index contributed by atoms with van der Waals surface area (Å²) in [5.41, 5.74) is 4.04. The molecule has 0 amide bonds. The lowest BCUT2D eigenvalue weighted by molar-refractivity contribution is -0.0543. The summed E-state index contributed by atoms with van der Waals surface area (Å²) >= 11 is 0. The molecule has 1 fully saturated rings. The van der Waals surface area contributed by atoms with Gasteiger partial charge >= 0.3 is 0 Å². The van der Waals surface area contributed by atoms with E-state index in [9.17, 15) is 10.2 Å². The van der Waals surface area contributed by atoms with E-state index in [2.05, 4.69) is 19.9 Å². The van der Waals surface area contributed by atoms with Crippen LogP contribution >= 0.6 is 0 Å². The number of aromatic hydroxyl groups is 2. The van der Waals surface area contributed by atoms with Crippen LogP contribution in [-0.4, -0.2) is 16.8 Å². The molecule has 2 atom stereocenters.